The van der Waals surface area contributed by atoms with Crippen LogP contribution in [0.3, 0.4) is 0 Å². The van der Waals surface area contributed by atoms with Gasteiger partial charge in [0.2, 0.25) is 0 Å². The van der Waals surface area contributed by atoms with Crippen LogP contribution >= 0.6 is 11.3 Å². The summed E-state index contributed by atoms with van der Waals surface area (Å²) in [6, 6.07) is 1.32. The van der Waals surface area contributed by atoms with E-state index in [0.29, 0.717) is 24.5 Å². The summed E-state index contributed by atoms with van der Waals surface area (Å²) in [7, 11) is 0. The highest BCUT2D eigenvalue weighted by Gasteiger charge is 2.35. The number of nitrogens with one attached hydrogen (secondary N) is 1. The van der Waals surface area contributed by atoms with Crippen molar-refractivity contribution in [2.24, 2.45) is 0 Å². The van der Waals surface area contributed by atoms with Crippen LogP contribution < -0.4 is 5.32 Å². The highest BCUT2D eigenvalue weighted by Crippen LogP contribution is 2.22. The highest BCUT2D eigenvalue weighted by molar-refractivity contribution is 7.08. The van der Waals surface area contributed by atoms with Gasteiger partial charge in [-0.2, -0.15) is 11.3 Å². The fraction of sp³-hybridized carbons (Fsp3) is 0.312. The Morgan fingerprint density at radius 3 is 2.76 bits per heavy atom. The lowest BCUT2D eigenvalue weighted by atomic mass is 10.2. The Morgan fingerprint density at radius 2 is 2.04 bits per heavy atom. The Morgan fingerprint density at radius 1 is 1.24 bits per heavy atom. The number of hydrogen-bond donors (Lipinski definition) is 1. The molecule has 0 atom stereocenters. The van der Waals surface area contributed by atoms with Crippen molar-refractivity contribution in [3.05, 3.63) is 34.9 Å². The van der Waals surface area contributed by atoms with Crippen LogP contribution in [0.1, 0.15) is 12.6 Å². The second-order valence-corrected chi connectivity index (χ2v) is 6.14. The van der Waals surface area contributed by atoms with Crippen LogP contribution in [0.2, 0.25) is 0 Å². The molecule has 25 heavy (non-hydrogen) atoms. The van der Waals surface area contributed by atoms with E-state index in [4.69, 9.17) is 0 Å². The lowest BCUT2D eigenvalue weighted by Gasteiger charge is -2.31. The SMILES string of the molecule is CCN1CCN(C(=O)NCc2nccnc2-c2ccsc2)C(=O)C1=O. The number of imide groups is 1. The van der Waals surface area contributed by atoms with Gasteiger partial charge in [-0.25, -0.2) is 4.79 Å². The van der Waals surface area contributed by atoms with E-state index in [2.05, 4.69) is 15.3 Å². The molecule has 0 bridgehead atoms. The molecule has 130 valence electrons. The van der Waals surface area contributed by atoms with E-state index in [0.717, 1.165) is 10.5 Å². The molecule has 1 aliphatic rings. The van der Waals surface area contributed by atoms with Gasteiger partial charge in [0.05, 0.1) is 17.9 Å². The minimum Gasteiger partial charge on any atom is -0.333 e. The summed E-state index contributed by atoms with van der Waals surface area (Å²) in [6.07, 6.45) is 3.14. The number of likely N-dealkylation sites (N-methyl/N-ethyl adjacent to an activating group) is 1. The molecular formula is C16H17N5O3S. The molecule has 2 aromatic rings. The molecular weight excluding hydrogens is 342 g/mol. The molecule has 1 fully saturated rings. The van der Waals surface area contributed by atoms with Crippen LogP contribution in [-0.4, -0.2) is 57.2 Å². The van der Waals surface area contributed by atoms with Crippen molar-refractivity contribution in [3.63, 3.8) is 0 Å². The third-order valence-electron chi connectivity index (χ3n) is 3.91. The van der Waals surface area contributed by atoms with E-state index in [1.165, 1.54) is 4.90 Å². The van der Waals surface area contributed by atoms with Crippen LogP contribution in [0.25, 0.3) is 11.3 Å². The number of carbonyl (C=O) groups is 3. The molecule has 1 N–H and O–H groups in total. The minimum atomic E-state index is -0.803. The number of nitrogens with zero attached hydrogens (tertiary/aromatic N) is 4. The minimum absolute atomic E-state index is 0.118. The standard InChI is InChI=1S/C16H17N5O3S/c1-2-20-6-7-21(15(23)14(20)22)16(24)19-9-12-13(18-5-4-17-12)11-3-8-25-10-11/h3-5,8,10H,2,6-7,9H2,1H3,(H,19,24). The predicted octanol–water partition coefficient (Wildman–Crippen LogP) is 1.11. The van der Waals surface area contributed by atoms with Gasteiger partial charge in [0.25, 0.3) is 0 Å². The first-order valence-corrected chi connectivity index (χ1v) is 8.77. The monoisotopic (exact) mass is 359 g/mol. The van der Waals surface area contributed by atoms with Gasteiger partial charge >= 0.3 is 17.8 Å². The Bertz CT molecular complexity index is 793. The Kier molecular flexibility index (Phi) is 5.03. The van der Waals surface area contributed by atoms with Crippen LogP contribution in [0.15, 0.2) is 29.2 Å². The number of urea groups is 1. The summed E-state index contributed by atoms with van der Waals surface area (Å²) in [5.41, 5.74) is 2.20. The van der Waals surface area contributed by atoms with E-state index in [1.807, 2.05) is 16.8 Å². The number of carbonyl (C=O) groups excluding carboxylic acids is 3. The number of piperazine rings is 1. The molecule has 3 heterocycles. The highest BCUT2D eigenvalue weighted by atomic mass is 32.1. The van der Waals surface area contributed by atoms with Crippen molar-refractivity contribution < 1.29 is 14.4 Å². The molecule has 0 radical (unpaired) electrons. The predicted molar refractivity (Wildman–Crippen MR) is 91.5 cm³/mol. The van der Waals surface area contributed by atoms with Crippen LogP contribution in [0, 0.1) is 0 Å². The molecule has 1 saturated heterocycles. The normalized spacial score (nSPS) is 14.8. The van der Waals surface area contributed by atoms with E-state index in [1.54, 1.807) is 30.7 Å². The smallest absolute Gasteiger partial charge is 0.324 e. The van der Waals surface area contributed by atoms with E-state index in [-0.39, 0.29) is 13.1 Å². The Hall–Kier alpha value is -2.81. The number of hydrogen-bond acceptors (Lipinski definition) is 6. The Balaban J connectivity index is 1.68. The fourth-order valence-electron chi connectivity index (χ4n) is 2.56. The number of rotatable bonds is 4. The van der Waals surface area contributed by atoms with Crippen molar-refractivity contribution in [1.82, 2.24) is 25.1 Å². The maximum Gasteiger partial charge on any atom is 0.324 e. The summed E-state index contributed by atoms with van der Waals surface area (Å²) >= 11 is 1.54. The van der Waals surface area contributed by atoms with Crippen LogP contribution in [0.4, 0.5) is 4.79 Å². The number of aromatic nitrogens is 2. The zero-order valence-corrected chi connectivity index (χ0v) is 14.5. The molecule has 8 nitrogen and oxygen atoms in total. The van der Waals surface area contributed by atoms with Crippen molar-refractivity contribution in [2.45, 2.75) is 13.5 Å². The van der Waals surface area contributed by atoms with Gasteiger partial charge < -0.3 is 10.2 Å². The third-order valence-corrected chi connectivity index (χ3v) is 4.59. The summed E-state index contributed by atoms with van der Waals surface area (Å²) in [5, 5.41) is 6.53. The Labute approximate surface area is 148 Å². The summed E-state index contributed by atoms with van der Waals surface area (Å²) in [4.78, 5) is 47.2. The quantitative estimate of drug-likeness (QED) is 0.825. The summed E-state index contributed by atoms with van der Waals surface area (Å²) in [6.45, 7) is 2.89. The fourth-order valence-corrected chi connectivity index (χ4v) is 3.20. The molecule has 0 aliphatic carbocycles. The van der Waals surface area contributed by atoms with Gasteiger partial charge in [-0.1, -0.05) is 0 Å². The maximum absolute atomic E-state index is 12.3. The van der Waals surface area contributed by atoms with E-state index in [9.17, 15) is 14.4 Å². The second kappa shape index (κ2) is 7.39. The van der Waals surface area contributed by atoms with Gasteiger partial charge in [-0.05, 0) is 18.4 Å². The van der Waals surface area contributed by atoms with Crippen molar-refractivity contribution in [2.75, 3.05) is 19.6 Å². The molecule has 9 heteroatoms. The maximum atomic E-state index is 12.3. The zero-order chi connectivity index (χ0) is 17.8. The van der Waals surface area contributed by atoms with E-state index >= 15 is 0 Å². The third kappa shape index (κ3) is 3.50. The average Bonchev–Trinajstić information content (AvgIpc) is 3.16. The molecule has 2 aromatic heterocycles. The van der Waals surface area contributed by atoms with Crippen LogP contribution in [0.5, 0.6) is 0 Å². The van der Waals surface area contributed by atoms with Gasteiger partial charge in [0.15, 0.2) is 0 Å². The zero-order valence-electron chi connectivity index (χ0n) is 13.6. The molecule has 0 saturated carbocycles. The van der Waals surface area contributed by atoms with Gasteiger partial charge in [-0.15, -0.1) is 0 Å². The van der Waals surface area contributed by atoms with Crippen molar-refractivity contribution >= 4 is 29.2 Å². The molecule has 0 unspecified atom stereocenters. The van der Waals surface area contributed by atoms with Crippen molar-refractivity contribution in [3.8, 4) is 11.3 Å². The van der Waals surface area contributed by atoms with Gasteiger partial charge in [0, 0.05) is 43.0 Å². The topological polar surface area (TPSA) is 95.5 Å². The number of amides is 4. The molecule has 3 rings (SSSR count). The first-order valence-electron chi connectivity index (χ1n) is 7.83. The second-order valence-electron chi connectivity index (χ2n) is 5.36. The van der Waals surface area contributed by atoms with Crippen LogP contribution in [-0.2, 0) is 16.1 Å². The average molecular weight is 359 g/mol. The lowest BCUT2D eigenvalue weighted by molar-refractivity contribution is -0.153. The number of thiophene rings is 1. The first-order chi connectivity index (χ1) is 12.1. The van der Waals surface area contributed by atoms with Crippen molar-refractivity contribution in [1.29, 1.82) is 0 Å². The largest absolute Gasteiger partial charge is 0.333 e. The summed E-state index contributed by atoms with van der Waals surface area (Å²) in [5.74, 6) is -1.45. The lowest BCUT2D eigenvalue weighted by Crippen LogP contribution is -2.58. The van der Waals surface area contributed by atoms with Gasteiger partial charge in [0.1, 0.15) is 0 Å². The first kappa shape index (κ1) is 17.0. The summed E-state index contributed by atoms with van der Waals surface area (Å²) < 4.78 is 0. The van der Waals surface area contributed by atoms with E-state index < -0.39 is 17.8 Å². The van der Waals surface area contributed by atoms with Gasteiger partial charge in [-0.3, -0.25) is 24.5 Å². The molecule has 0 spiro atoms. The molecule has 4 amide bonds. The molecule has 0 aromatic carbocycles. The molecule has 1 aliphatic heterocycles.